The Morgan fingerprint density at radius 3 is 2.58 bits per heavy atom. The fraction of sp³-hybridized carbons (Fsp3) is 0.250. The zero-order valence-electron chi connectivity index (χ0n) is 18.9. The molecule has 0 radical (unpaired) electrons. The lowest BCUT2D eigenvalue weighted by atomic mass is 9.91. The fourth-order valence-corrected chi connectivity index (χ4v) is 4.89. The van der Waals surface area contributed by atoms with Crippen molar-refractivity contribution in [3.8, 4) is 5.75 Å². The number of nitrogens with zero attached hydrogens (tertiary/aromatic N) is 1. The molecular formula is C28H27ClN2O2. The van der Waals surface area contributed by atoms with Crippen molar-refractivity contribution >= 4 is 28.6 Å². The van der Waals surface area contributed by atoms with Gasteiger partial charge in [-0.1, -0.05) is 60.8 Å². The number of hydrogen-bond acceptors (Lipinski definition) is 2. The monoisotopic (exact) mass is 458 g/mol. The van der Waals surface area contributed by atoms with Gasteiger partial charge in [0.05, 0.1) is 0 Å². The Kier molecular flexibility index (Phi) is 5.86. The number of carbonyl (C=O) groups excluding carboxylic acids is 1. The number of H-pyrrole nitrogens is 1. The maximum Gasteiger partial charge on any atom is 0.416 e. The van der Waals surface area contributed by atoms with Crippen LogP contribution in [0.3, 0.4) is 0 Å². The summed E-state index contributed by atoms with van der Waals surface area (Å²) >= 11 is 5.99. The van der Waals surface area contributed by atoms with Crippen molar-refractivity contribution in [2.45, 2.75) is 39.2 Å². The van der Waals surface area contributed by atoms with Gasteiger partial charge in [0.2, 0.25) is 0 Å². The summed E-state index contributed by atoms with van der Waals surface area (Å²) in [5.41, 5.74) is 7.07. The Labute approximate surface area is 199 Å². The van der Waals surface area contributed by atoms with Gasteiger partial charge in [-0.3, -0.25) is 4.90 Å². The smallest absolute Gasteiger partial charge is 0.410 e. The number of ether oxygens (including phenoxy) is 1. The summed E-state index contributed by atoms with van der Waals surface area (Å²) < 4.78 is 5.75. The molecule has 0 aliphatic carbocycles. The zero-order chi connectivity index (χ0) is 22.9. The van der Waals surface area contributed by atoms with Crippen molar-refractivity contribution in [3.05, 3.63) is 99.7 Å². The summed E-state index contributed by atoms with van der Waals surface area (Å²) in [5.74, 6) is 0.486. The van der Waals surface area contributed by atoms with E-state index in [0.29, 0.717) is 17.3 Å². The molecule has 1 aromatic heterocycles. The average molecular weight is 459 g/mol. The Morgan fingerprint density at radius 1 is 1.09 bits per heavy atom. The zero-order valence-corrected chi connectivity index (χ0v) is 19.7. The van der Waals surface area contributed by atoms with E-state index in [1.165, 1.54) is 22.1 Å². The summed E-state index contributed by atoms with van der Waals surface area (Å²) in [7, 11) is 0. The minimum Gasteiger partial charge on any atom is -0.410 e. The molecule has 5 rings (SSSR count). The van der Waals surface area contributed by atoms with Crippen molar-refractivity contribution in [2.75, 3.05) is 6.54 Å². The summed E-state index contributed by atoms with van der Waals surface area (Å²) in [4.78, 5) is 18.8. The van der Waals surface area contributed by atoms with Crippen LogP contribution in [0, 0.1) is 6.92 Å². The van der Waals surface area contributed by atoms with E-state index in [9.17, 15) is 4.79 Å². The van der Waals surface area contributed by atoms with Crippen LogP contribution in [0.15, 0.2) is 66.7 Å². The van der Waals surface area contributed by atoms with E-state index < -0.39 is 0 Å². The molecule has 2 heterocycles. The molecule has 4 nitrogen and oxygen atoms in total. The van der Waals surface area contributed by atoms with Gasteiger partial charge in [0.1, 0.15) is 11.8 Å². The van der Waals surface area contributed by atoms with Crippen molar-refractivity contribution < 1.29 is 9.53 Å². The second-order valence-corrected chi connectivity index (χ2v) is 9.16. The first-order valence-electron chi connectivity index (χ1n) is 11.5. The van der Waals surface area contributed by atoms with Crippen LogP contribution >= 0.6 is 11.6 Å². The summed E-state index contributed by atoms with van der Waals surface area (Å²) in [5, 5.41) is 1.85. The normalized spacial score (nSPS) is 15.5. The molecule has 3 aromatic carbocycles. The van der Waals surface area contributed by atoms with Crippen LogP contribution in [-0.4, -0.2) is 22.5 Å². The van der Waals surface area contributed by atoms with Crippen molar-refractivity contribution in [1.82, 2.24) is 9.88 Å². The molecule has 1 aliphatic rings. The van der Waals surface area contributed by atoms with Crippen LogP contribution in [-0.2, 0) is 12.8 Å². The molecular weight excluding hydrogens is 432 g/mol. The summed E-state index contributed by atoms with van der Waals surface area (Å²) in [6.07, 6.45) is 2.57. The van der Waals surface area contributed by atoms with Crippen LogP contribution in [0.4, 0.5) is 4.79 Å². The number of aromatic nitrogens is 1. The molecule has 1 amide bonds. The number of hydrogen-bond donors (Lipinski definition) is 1. The largest absolute Gasteiger partial charge is 0.416 e. The predicted molar refractivity (Wildman–Crippen MR) is 133 cm³/mol. The molecule has 0 spiro atoms. The van der Waals surface area contributed by atoms with E-state index >= 15 is 0 Å². The van der Waals surface area contributed by atoms with Gasteiger partial charge in [0.15, 0.2) is 0 Å². The minimum atomic E-state index is -0.361. The van der Waals surface area contributed by atoms with Gasteiger partial charge in [-0.25, -0.2) is 4.79 Å². The second-order valence-electron chi connectivity index (χ2n) is 8.73. The third-order valence-electron chi connectivity index (χ3n) is 6.37. The topological polar surface area (TPSA) is 45.3 Å². The SMILES string of the molecule is CCCc1ccc(C2c3[nH]c4ccc(C)cc4c3CCN2C(=O)Oc2ccc(Cl)cc2)cc1. The Morgan fingerprint density at radius 2 is 1.85 bits per heavy atom. The lowest BCUT2D eigenvalue weighted by molar-refractivity contribution is 0.135. The molecule has 1 aliphatic heterocycles. The van der Waals surface area contributed by atoms with Gasteiger partial charge in [-0.15, -0.1) is 0 Å². The van der Waals surface area contributed by atoms with Gasteiger partial charge in [0, 0.05) is 28.2 Å². The van der Waals surface area contributed by atoms with E-state index in [4.69, 9.17) is 16.3 Å². The molecule has 1 atom stereocenters. The number of halogens is 1. The van der Waals surface area contributed by atoms with Gasteiger partial charge in [-0.2, -0.15) is 0 Å². The lowest BCUT2D eigenvalue weighted by Crippen LogP contribution is -2.42. The van der Waals surface area contributed by atoms with Crippen LogP contribution in [0.1, 0.15) is 47.3 Å². The van der Waals surface area contributed by atoms with E-state index in [1.807, 2.05) is 4.90 Å². The van der Waals surface area contributed by atoms with Crippen molar-refractivity contribution in [3.63, 3.8) is 0 Å². The average Bonchev–Trinajstić information content (AvgIpc) is 3.18. The Balaban J connectivity index is 1.56. The highest BCUT2D eigenvalue weighted by atomic mass is 35.5. The molecule has 33 heavy (non-hydrogen) atoms. The van der Waals surface area contributed by atoms with Crippen LogP contribution in [0.25, 0.3) is 10.9 Å². The maximum absolute atomic E-state index is 13.3. The standard InChI is InChI=1S/C28H27ClN2O2/c1-3-4-19-6-8-20(9-7-19)27-26-23(24-17-18(2)5-14-25(24)30-26)15-16-31(27)28(32)33-22-12-10-21(29)11-13-22/h5-14,17,27,30H,3-4,15-16H2,1-2H3. The first-order valence-corrected chi connectivity index (χ1v) is 11.8. The van der Waals surface area contributed by atoms with Gasteiger partial charge in [-0.05, 0) is 72.9 Å². The Hall–Kier alpha value is -3.24. The third-order valence-corrected chi connectivity index (χ3v) is 6.62. The number of aromatic amines is 1. The number of amides is 1. The molecule has 0 saturated carbocycles. The first kappa shape index (κ1) is 21.6. The second kappa shape index (κ2) is 8.95. The molecule has 0 saturated heterocycles. The van der Waals surface area contributed by atoms with Gasteiger partial charge < -0.3 is 9.72 Å². The van der Waals surface area contributed by atoms with Crippen molar-refractivity contribution in [2.24, 2.45) is 0 Å². The molecule has 4 aromatic rings. The van der Waals surface area contributed by atoms with Crippen LogP contribution in [0.2, 0.25) is 5.02 Å². The molecule has 168 valence electrons. The maximum atomic E-state index is 13.3. The van der Waals surface area contributed by atoms with Crippen molar-refractivity contribution in [1.29, 1.82) is 0 Å². The summed E-state index contributed by atoms with van der Waals surface area (Å²) in [6.45, 7) is 4.88. The minimum absolute atomic E-state index is 0.239. The van der Waals surface area contributed by atoms with Crippen LogP contribution in [0.5, 0.6) is 5.75 Å². The van der Waals surface area contributed by atoms with E-state index in [0.717, 1.165) is 36.0 Å². The summed E-state index contributed by atoms with van der Waals surface area (Å²) in [6, 6.07) is 21.7. The number of rotatable bonds is 4. The molecule has 5 heteroatoms. The Bertz CT molecular complexity index is 1290. The highest BCUT2D eigenvalue weighted by Crippen LogP contribution is 2.39. The lowest BCUT2D eigenvalue weighted by Gasteiger charge is -2.35. The molecule has 0 bridgehead atoms. The third kappa shape index (κ3) is 4.23. The van der Waals surface area contributed by atoms with Gasteiger partial charge >= 0.3 is 6.09 Å². The number of nitrogens with one attached hydrogen (secondary N) is 1. The molecule has 1 N–H and O–H groups in total. The molecule has 0 fully saturated rings. The number of aryl methyl sites for hydroxylation is 2. The van der Waals surface area contributed by atoms with E-state index in [2.05, 4.69) is 61.3 Å². The van der Waals surface area contributed by atoms with Crippen LogP contribution < -0.4 is 4.74 Å². The fourth-order valence-electron chi connectivity index (χ4n) is 4.76. The number of carbonyl (C=O) groups is 1. The predicted octanol–water partition coefficient (Wildman–Crippen LogP) is 7.23. The highest BCUT2D eigenvalue weighted by Gasteiger charge is 2.35. The highest BCUT2D eigenvalue weighted by molar-refractivity contribution is 6.30. The first-order chi connectivity index (χ1) is 16.0. The van der Waals surface area contributed by atoms with E-state index in [-0.39, 0.29) is 12.1 Å². The molecule has 1 unspecified atom stereocenters. The number of fused-ring (bicyclic) bond motifs is 3. The quantitative estimate of drug-likeness (QED) is 0.350. The van der Waals surface area contributed by atoms with E-state index in [1.54, 1.807) is 24.3 Å². The number of benzene rings is 3. The van der Waals surface area contributed by atoms with Gasteiger partial charge in [0.25, 0.3) is 0 Å².